The van der Waals surface area contributed by atoms with Gasteiger partial charge in [0.25, 0.3) is 0 Å². The zero-order valence-corrected chi connectivity index (χ0v) is 8.66. The highest BCUT2D eigenvalue weighted by Gasteiger charge is 2.27. The number of rotatable bonds is 2. The van der Waals surface area contributed by atoms with Crippen molar-refractivity contribution >= 4 is 0 Å². The second kappa shape index (κ2) is 3.09. The average Bonchev–Trinajstić information content (AvgIpc) is 2.92. The van der Waals surface area contributed by atoms with Crippen molar-refractivity contribution in [3.63, 3.8) is 0 Å². The van der Waals surface area contributed by atoms with Crippen LogP contribution in [0.1, 0.15) is 30.8 Å². The molecule has 1 aliphatic carbocycles. The third kappa shape index (κ3) is 1.46. The van der Waals surface area contributed by atoms with Gasteiger partial charge in [0.2, 0.25) is 0 Å². The molecule has 2 aliphatic rings. The van der Waals surface area contributed by atoms with Crippen LogP contribution in [0.5, 0.6) is 0 Å². The summed E-state index contributed by atoms with van der Waals surface area (Å²) in [6, 6.07) is 1.51. The molecule has 1 aliphatic heterocycles. The van der Waals surface area contributed by atoms with Crippen molar-refractivity contribution < 1.29 is 0 Å². The van der Waals surface area contributed by atoms with Crippen molar-refractivity contribution in [3.05, 3.63) is 17.7 Å². The molecule has 0 saturated heterocycles. The fourth-order valence-electron chi connectivity index (χ4n) is 2.32. The van der Waals surface area contributed by atoms with Crippen LogP contribution < -0.4 is 5.32 Å². The van der Waals surface area contributed by atoms with Gasteiger partial charge in [-0.2, -0.15) is 0 Å². The summed E-state index contributed by atoms with van der Waals surface area (Å²) in [5.74, 6) is 1.17. The van der Waals surface area contributed by atoms with Crippen LogP contribution in [-0.4, -0.2) is 21.6 Å². The Hall–Kier alpha value is -0.830. The first kappa shape index (κ1) is 8.48. The summed E-state index contributed by atoms with van der Waals surface area (Å²) in [4.78, 5) is 4.36. The minimum atomic E-state index is 0.683. The summed E-state index contributed by atoms with van der Waals surface area (Å²) in [6.45, 7) is 3.22. The highest BCUT2D eigenvalue weighted by molar-refractivity contribution is 5.08. The monoisotopic (exact) mass is 191 g/mol. The van der Waals surface area contributed by atoms with Crippen LogP contribution in [0.4, 0.5) is 0 Å². The van der Waals surface area contributed by atoms with Gasteiger partial charge in [0.05, 0.1) is 0 Å². The Balaban J connectivity index is 1.74. The molecule has 1 saturated carbocycles. The molecule has 14 heavy (non-hydrogen) atoms. The van der Waals surface area contributed by atoms with Gasteiger partial charge in [-0.1, -0.05) is 0 Å². The Morgan fingerprint density at radius 2 is 2.21 bits per heavy atom. The first-order valence-electron chi connectivity index (χ1n) is 5.60. The van der Waals surface area contributed by atoms with Crippen molar-refractivity contribution in [2.24, 2.45) is 0 Å². The second-order valence-corrected chi connectivity index (χ2v) is 4.58. The van der Waals surface area contributed by atoms with Crippen molar-refractivity contribution in [1.29, 1.82) is 0 Å². The molecule has 1 N–H and O–H groups in total. The standard InChI is InChI=1S/C11H17N3/c1-8-12-6-11-5-4-10(7-14(8)11)13-9-2-3-9/h6,9-10,13H,2-5,7H2,1H3. The molecule has 0 radical (unpaired) electrons. The quantitative estimate of drug-likeness (QED) is 0.762. The first-order valence-corrected chi connectivity index (χ1v) is 5.60. The number of hydrogen-bond acceptors (Lipinski definition) is 2. The molecule has 3 heteroatoms. The van der Waals surface area contributed by atoms with Gasteiger partial charge >= 0.3 is 0 Å². The van der Waals surface area contributed by atoms with Gasteiger partial charge in [0.1, 0.15) is 5.82 Å². The lowest BCUT2D eigenvalue weighted by Gasteiger charge is -2.26. The van der Waals surface area contributed by atoms with Crippen LogP contribution in [0.15, 0.2) is 6.20 Å². The van der Waals surface area contributed by atoms with Gasteiger partial charge < -0.3 is 9.88 Å². The van der Waals surface area contributed by atoms with Crippen molar-refractivity contribution in [3.8, 4) is 0 Å². The SMILES string of the molecule is Cc1ncc2n1CC(NC1CC1)CC2. The summed E-state index contributed by atoms with van der Waals surface area (Å²) in [6.07, 6.45) is 7.26. The normalized spacial score (nSPS) is 26.2. The number of aromatic nitrogens is 2. The molecule has 1 atom stereocenters. The van der Waals surface area contributed by atoms with E-state index >= 15 is 0 Å². The zero-order chi connectivity index (χ0) is 9.54. The molecule has 1 aromatic rings. The van der Waals surface area contributed by atoms with E-state index in [4.69, 9.17) is 0 Å². The molecule has 1 fully saturated rings. The van der Waals surface area contributed by atoms with E-state index < -0.39 is 0 Å². The minimum absolute atomic E-state index is 0.683. The van der Waals surface area contributed by atoms with E-state index in [0.29, 0.717) is 6.04 Å². The predicted octanol–water partition coefficient (Wildman–Crippen LogP) is 1.26. The Labute approximate surface area is 84.5 Å². The van der Waals surface area contributed by atoms with Gasteiger partial charge in [-0.25, -0.2) is 4.98 Å². The molecule has 3 nitrogen and oxygen atoms in total. The van der Waals surface area contributed by atoms with Crippen molar-refractivity contribution in [1.82, 2.24) is 14.9 Å². The van der Waals surface area contributed by atoms with Gasteiger partial charge in [-0.15, -0.1) is 0 Å². The number of imidazole rings is 1. The zero-order valence-electron chi connectivity index (χ0n) is 8.66. The maximum absolute atomic E-state index is 4.36. The summed E-state index contributed by atoms with van der Waals surface area (Å²) in [5.41, 5.74) is 1.41. The Bertz CT molecular complexity index is 338. The third-order valence-corrected chi connectivity index (χ3v) is 3.34. The van der Waals surface area contributed by atoms with Crippen molar-refractivity contribution in [2.45, 2.75) is 51.2 Å². The van der Waals surface area contributed by atoms with E-state index in [1.165, 1.54) is 37.2 Å². The van der Waals surface area contributed by atoms with E-state index in [0.717, 1.165) is 12.6 Å². The molecule has 1 unspecified atom stereocenters. The maximum Gasteiger partial charge on any atom is 0.105 e. The van der Waals surface area contributed by atoms with Gasteiger partial charge in [0, 0.05) is 30.5 Å². The largest absolute Gasteiger partial charge is 0.331 e. The number of nitrogens with zero attached hydrogens (tertiary/aromatic N) is 2. The summed E-state index contributed by atoms with van der Waals surface area (Å²) >= 11 is 0. The maximum atomic E-state index is 4.36. The van der Waals surface area contributed by atoms with E-state index in [2.05, 4.69) is 21.8 Å². The lowest BCUT2D eigenvalue weighted by atomic mass is 10.1. The van der Waals surface area contributed by atoms with Gasteiger partial charge in [-0.05, 0) is 32.6 Å². The number of aryl methyl sites for hydroxylation is 2. The molecule has 0 spiro atoms. The van der Waals surface area contributed by atoms with Crippen LogP contribution in [0.3, 0.4) is 0 Å². The Kier molecular flexibility index (Phi) is 1.87. The topological polar surface area (TPSA) is 29.9 Å². The van der Waals surface area contributed by atoms with E-state index in [-0.39, 0.29) is 0 Å². The lowest BCUT2D eigenvalue weighted by molar-refractivity contribution is 0.378. The van der Waals surface area contributed by atoms with E-state index in [1.807, 2.05) is 6.20 Å². The van der Waals surface area contributed by atoms with Crippen LogP contribution >= 0.6 is 0 Å². The smallest absolute Gasteiger partial charge is 0.105 e. The summed E-state index contributed by atoms with van der Waals surface area (Å²) < 4.78 is 2.36. The lowest BCUT2D eigenvalue weighted by Crippen LogP contribution is -2.38. The van der Waals surface area contributed by atoms with Crippen LogP contribution in [-0.2, 0) is 13.0 Å². The Morgan fingerprint density at radius 3 is 3.00 bits per heavy atom. The molecule has 0 aromatic carbocycles. The van der Waals surface area contributed by atoms with Gasteiger partial charge in [-0.3, -0.25) is 0 Å². The molecule has 3 rings (SSSR count). The van der Waals surface area contributed by atoms with E-state index in [9.17, 15) is 0 Å². The average molecular weight is 191 g/mol. The highest BCUT2D eigenvalue weighted by atomic mass is 15.1. The van der Waals surface area contributed by atoms with Gasteiger partial charge in [0.15, 0.2) is 0 Å². The van der Waals surface area contributed by atoms with Crippen molar-refractivity contribution in [2.75, 3.05) is 0 Å². The molecule has 1 aromatic heterocycles. The first-order chi connectivity index (χ1) is 6.83. The molecule has 0 amide bonds. The summed E-state index contributed by atoms with van der Waals surface area (Å²) in [5, 5.41) is 3.70. The number of nitrogens with one attached hydrogen (secondary N) is 1. The highest BCUT2D eigenvalue weighted by Crippen LogP contribution is 2.23. The third-order valence-electron chi connectivity index (χ3n) is 3.34. The predicted molar refractivity (Wildman–Crippen MR) is 55.2 cm³/mol. The molecular formula is C11H17N3. The minimum Gasteiger partial charge on any atom is -0.331 e. The van der Waals surface area contributed by atoms with Crippen LogP contribution in [0.2, 0.25) is 0 Å². The number of hydrogen-bond donors (Lipinski definition) is 1. The van der Waals surface area contributed by atoms with Crippen LogP contribution in [0.25, 0.3) is 0 Å². The van der Waals surface area contributed by atoms with E-state index in [1.54, 1.807) is 0 Å². The molecule has 2 heterocycles. The second-order valence-electron chi connectivity index (χ2n) is 4.58. The fraction of sp³-hybridized carbons (Fsp3) is 0.727. The van der Waals surface area contributed by atoms with Crippen LogP contribution in [0, 0.1) is 6.92 Å². The molecule has 0 bridgehead atoms. The molecule has 76 valence electrons. The fourth-order valence-corrected chi connectivity index (χ4v) is 2.32. The molecular weight excluding hydrogens is 174 g/mol. The summed E-state index contributed by atoms with van der Waals surface area (Å²) in [7, 11) is 0. The number of fused-ring (bicyclic) bond motifs is 1. The Morgan fingerprint density at radius 1 is 1.36 bits per heavy atom.